The molecule has 0 bridgehead atoms. The second kappa shape index (κ2) is 8.07. The molecule has 25 heavy (non-hydrogen) atoms. The predicted octanol–water partition coefficient (Wildman–Crippen LogP) is 3.70. The highest BCUT2D eigenvalue weighted by atomic mass is 19.3. The first-order valence-electron chi connectivity index (χ1n) is 8.25. The first kappa shape index (κ1) is 17.4. The van der Waals surface area contributed by atoms with Gasteiger partial charge < -0.3 is 15.0 Å². The summed E-state index contributed by atoms with van der Waals surface area (Å²) in [6.07, 6.45) is 1.55. The number of amides is 1. The standard InChI is InChI=1S/C19H20F2N2O2/c20-19(21)25-17-9-5-15(6-10-17)13-22-12-14-3-7-16(8-4-14)23-11-1-2-18(23)24/h3-10,19,22H,1-2,11-13H2. The predicted molar refractivity (Wildman–Crippen MR) is 91.6 cm³/mol. The fourth-order valence-corrected chi connectivity index (χ4v) is 2.85. The van der Waals surface area contributed by atoms with Gasteiger partial charge in [0.1, 0.15) is 5.75 Å². The molecule has 0 aliphatic carbocycles. The maximum Gasteiger partial charge on any atom is 0.387 e. The highest BCUT2D eigenvalue weighted by Gasteiger charge is 2.21. The number of anilines is 1. The van der Waals surface area contributed by atoms with Crippen molar-refractivity contribution in [3.63, 3.8) is 0 Å². The van der Waals surface area contributed by atoms with Gasteiger partial charge in [-0.05, 0) is 41.8 Å². The molecule has 0 saturated carbocycles. The number of benzene rings is 2. The van der Waals surface area contributed by atoms with Crippen molar-refractivity contribution in [3.8, 4) is 5.75 Å². The Morgan fingerprint density at radius 1 is 1.00 bits per heavy atom. The van der Waals surface area contributed by atoms with Crippen molar-refractivity contribution in [2.75, 3.05) is 11.4 Å². The van der Waals surface area contributed by atoms with Crippen molar-refractivity contribution >= 4 is 11.6 Å². The van der Waals surface area contributed by atoms with Gasteiger partial charge in [0.05, 0.1) is 0 Å². The number of rotatable bonds is 7. The highest BCUT2D eigenvalue weighted by Crippen LogP contribution is 2.21. The molecule has 1 N–H and O–H groups in total. The molecule has 1 saturated heterocycles. The number of hydrogen-bond donors (Lipinski definition) is 1. The van der Waals surface area contributed by atoms with Crippen LogP contribution in [0.25, 0.3) is 0 Å². The van der Waals surface area contributed by atoms with Gasteiger partial charge in [0.15, 0.2) is 0 Å². The van der Waals surface area contributed by atoms with Crippen LogP contribution < -0.4 is 15.0 Å². The van der Waals surface area contributed by atoms with Crippen LogP contribution in [0.5, 0.6) is 5.75 Å². The molecule has 1 amide bonds. The maximum absolute atomic E-state index is 12.1. The number of halogens is 2. The Morgan fingerprint density at radius 3 is 2.12 bits per heavy atom. The summed E-state index contributed by atoms with van der Waals surface area (Å²) in [4.78, 5) is 13.6. The normalized spacial score (nSPS) is 14.4. The number of nitrogens with zero attached hydrogens (tertiary/aromatic N) is 1. The minimum atomic E-state index is -2.80. The van der Waals surface area contributed by atoms with Crippen LogP contribution in [0.15, 0.2) is 48.5 Å². The molecular formula is C19H20F2N2O2. The zero-order valence-corrected chi connectivity index (χ0v) is 13.8. The van der Waals surface area contributed by atoms with E-state index in [1.165, 1.54) is 12.1 Å². The first-order valence-corrected chi connectivity index (χ1v) is 8.25. The van der Waals surface area contributed by atoms with E-state index < -0.39 is 6.61 Å². The van der Waals surface area contributed by atoms with Crippen LogP contribution in [0.4, 0.5) is 14.5 Å². The zero-order chi connectivity index (χ0) is 17.6. The number of ether oxygens (including phenoxy) is 1. The number of alkyl halides is 2. The second-order valence-corrected chi connectivity index (χ2v) is 5.94. The molecule has 6 heteroatoms. The summed E-state index contributed by atoms with van der Waals surface area (Å²) >= 11 is 0. The van der Waals surface area contributed by atoms with E-state index in [4.69, 9.17) is 0 Å². The maximum atomic E-state index is 12.1. The molecule has 1 aliphatic heterocycles. The zero-order valence-electron chi connectivity index (χ0n) is 13.8. The van der Waals surface area contributed by atoms with Crippen LogP contribution in [-0.4, -0.2) is 19.1 Å². The molecular weight excluding hydrogens is 326 g/mol. The van der Waals surface area contributed by atoms with Crippen molar-refractivity contribution in [3.05, 3.63) is 59.7 Å². The van der Waals surface area contributed by atoms with Crippen LogP contribution in [0.1, 0.15) is 24.0 Å². The van der Waals surface area contributed by atoms with Crippen molar-refractivity contribution in [2.45, 2.75) is 32.5 Å². The number of nitrogens with one attached hydrogen (secondary N) is 1. The lowest BCUT2D eigenvalue weighted by Gasteiger charge is -2.16. The Balaban J connectivity index is 1.48. The van der Waals surface area contributed by atoms with Crippen molar-refractivity contribution in [1.82, 2.24) is 5.32 Å². The van der Waals surface area contributed by atoms with Gasteiger partial charge in [0.25, 0.3) is 0 Å². The minimum absolute atomic E-state index is 0.158. The first-order chi connectivity index (χ1) is 12.1. The van der Waals surface area contributed by atoms with Crippen LogP contribution in [-0.2, 0) is 17.9 Å². The second-order valence-electron chi connectivity index (χ2n) is 5.94. The fourth-order valence-electron chi connectivity index (χ4n) is 2.85. The van der Waals surface area contributed by atoms with Crippen LogP contribution >= 0.6 is 0 Å². The molecule has 1 fully saturated rings. The molecule has 3 rings (SSSR count). The fraction of sp³-hybridized carbons (Fsp3) is 0.316. The monoisotopic (exact) mass is 346 g/mol. The Bertz CT molecular complexity index is 702. The van der Waals surface area contributed by atoms with E-state index in [1.54, 1.807) is 12.1 Å². The van der Waals surface area contributed by atoms with E-state index in [0.717, 1.165) is 29.8 Å². The average molecular weight is 346 g/mol. The Hall–Kier alpha value is -2.47. The molecule has 1 heterocycles. The molecule has 2 aromatic rings. The average Bonchev–Trinajstić information content (AvgIpc) is 3.03. The number of carbonyl (C=O) groups excluding carboxylic acids is 1. The van der Waals surface area contributed by atoms with Gasteiger partial charge in [-0.1, -0.05) is 24.3 Å². The Labute approximate surface area is 145 Å². The molecule has 0 radical (unpaired) electrons. The quantitative estimate of drug-likeness (QED) is 0.831. The lowest BCUT2D eigenvalue weighted by molar-refractivity contribution is -0.117. The van der Waals surface area contributed by atoms with E-state index in [0.29, 0.717) is 19.5 Å². The van der Waals surface area contributed by atoms with Gasteiger partial charge in [-0.2, -0.15) is 8.78 Å². The Kier molecular flexibility index (Phi) is 5.60. The van der Waals surface area contributed by atoms with Crippen LogP contribution in [0, 0.1) is 0 Å². The summed E-state index contributed by atoms with van der Waals surface area (Å²) in [6, 6.07) is 14.5. The van der Waals surface area contributed by atoms with Crippen molar-refractivity contribution in [1.29, 1.82) is 0 Å². The summed E-state index contributed by atoms with van der Waals surface area (Å²) in [6.45, 7) is -0.699. The SMILES string of the molecule is O=C1CCCN1c1ccc(CNCc2ccc(OC(F)F)cc2)cc1. The number of hydrogen-bond acceptors (Lipinski definition) is 3. The molecule has 0 spiro atoms. The third-order valence-electron chi connectivity index (χ3n) is 4.13. The topological polar surface area (TPSA) is 41.6 Å². The van der Waals surface area contributed by atoms with E-state index in [-0.39, 0.29) is 11.7 Å². The third kappa shape index (κ3) is 4.76. The molecule has 0 unspecified atom stereocenters. The number of carbonyl (C=O) groups is 1. The van der Waals surface area contributed by atoms with Gasteiger partial charge >= 0.3 is 6.61 Å². The molecule has 2 aromatic carbocycles. The lowest BCUT2D eigenvalue weighted by Crippen LogP contribution is -2.23. The van der Waals surface area contributed by atoms with E-state index in [2.05, 4.69) is 10.1 Å². The minimum Gasteiger partial charge on any atom is -0.435 e. The molecule has 0 atom stereocenters. The summed E-state index contributed by atoms with van der Waals surface area (Å²) in [5, 5.41) is 3.31. The van der Waals surface area contributed by atoms with Gasteiger partial charge in [-0.25, -0.2) is 0 Å². The van der Waals surface area contributed by atoms with Crippen LogP contribution in [0.3, 0.4) is 0 Å². The summed E-state index contributed by atoms with van der Waals surface area (Å²) in [5.41, 5.74) is 3.05. The van der Waals surface area contributed by atoms with Gasteiger partial charge in [-0.15, -0.1) is 0 Å². The van der Waals surface area contributed by atoms with Crippen molar-refractivity contribution < 1.29 is 18.3 Å². The third-order valence-corrected chi connectivity index (χ3v) is 4.13. The molecule has 4 nitrogen and oxygen atoms in total. The van der Waals surface area contributed by atoms with Gasteiger partial charge in [0, 0.05) is 31.7 Å². The van der Waals surface area contributed by atoms with Crippen LogP contribution in [0.2, 0.25) is 0 Å². The van der Waals surface area contributed by atoms with E-state index in [9.17, 15) is 13.6 Å². The molecule has 132 valence electrons. The molecule has 1 aliphatic rings. The summed E-state index contributed by atoms with van der Waals surface area (Å²) < 4.78 is 28.5. The Morgan fingerprint density at radius 2 is 1.60 bits per heavy atom. The van der Waals surface area contributed by atoms with Crippen molar-refractivity contribution in [2.24, 2.45) is 0 Å². The lowest BCUT2D eigenvalue weighted by atomic mass is 10.1. The van der Waals surface area contributed by atoms with Gasteiger partial charge in [-0.3, -0.25) is 4.79 Å². The summed E-state index contributed by atoms with van der Waals surface area (Å²) in [7, 11) is 0. The summed E-state index contributed by atoms with van der Waals surface area (Å²) in [5.74, 6) is 0.343. The molecule has 0 aromatic heterocycles. The highest BCUT2D eigenvalue weighted by molar-refractivity contribution is 5.95. The largest absolute Gasteiger partial charge is 0.435 e. The van der Waals surface area contributed by atoms with Gasteiger partial charge in [0.2, 0.25) is 5.91 Å². The smallest absolute Gasteiger partial charge is 0.387 e. The van der Waals surface area contributed by atoms with E-state index >= 15 is 0 Å². The van der Waals surface area contributed by atoms with E-state index in [1.807, 2.05) is 29.2 Å².